The molecule has 0 atom stereocenters. The SMILES string of the molecule is CC(=O)Nc1c(Cl)c(Cl)c2c(c1Cl)Cc1c-2cc(Cl)c(N(CCCl)CCCl)c1Cl. The summed E-state index contributed by atoms with van der Waals surface area (Å²) in [4.78, 5) is 13.5. The molecule has 0 aliphatic heterocycles. The van der Waals surface area contributed by atoms with Crippen LogP contribution >= 0.6 is 81.2 Å². The molecule has 0 unspecified atom stereocenters. The van der Waals surface area contributed by atoms with E-state index in [2.05, 4.69) is 5.32 Å². The van der Waals surface area contributed by atoms with E-state index in [4.69, 9.17) is 81.2 Å². The molecule has 2 aromatic rings. The van der Waals surface area contributed by atoms with Crippen molar-refractivity contribution < 1.29 is 4.79 Å². The molecule has 0 saturated carbocycles. The fourth-order valence-electron chi connectivity index (χ4n) is 3.49. The Morgan fingerprint density at radius 2 is 1.59 bits per heavy atom. The molecular weight excluding hydrogens is 520 g/mol. The van der Waals surface area contributed by atoms with Crippen LogP contribution in [-0.4, -0.2) is 30.8 Å². The quantitative estimate of drug-likeness (QED) is 0.258. The van der Waals surface area contributed by atoms with E-state index < -0.39 is 0 Å². The maximum Gasteiger partial charge on any atom is 0.221 e. The normalized spacial score (nSPS) is 12.0. The van der Waals surface area contributed by atoms with Crippen LogP contribution in [-0.2, 0) is 11.2 Å². The molecule has 0 bridgehead atoms. The number of nitrogens with one attached hydrogen (secondary N) is 1. The molecule has 3 nitrogen and oxygen atoms in total. The smallest absolute Gasteiger partial charge is 0.221 e. The third-order valence-electron chi connectivity index (χ3n) is 4.66. The van der Waals surface area contributed by atoms with Crippen LogP contribution in [0.4, 0.5) is 11.4 Å². The minimum absolute atomic E-state index is 0.167. The lowest BCUT2D eigenvalue weighted by molar-refractivity contribution is -0.114. The van der Waals surface area contributed by atoms with Crippen molar-refractivity contribution in [2.24, 2.45) is 0 Å². The van der Waals surface area contributed by atoms with Crippen molar-refractivity contribution in [1.29, 1.82) is 0 Å². The summed E-state index contributed by atoms with van der Waals surface area (Å²) in [5.74, 6) is 0.490. The van der Waals surface area contributed by atoms with Gasteiger partial charge in [-0.25, -0.2) is 0 Å². The van der Waals surface area contributed by atoms with Crippen molar-refractivity contribution in [2.45, 2.75) is 13.3 Å². The minimum Gasteiger partial charge on any atom is -0.367 e. The van der Waals surface area contributed by atoms with Crippen LogP contribution in [0, 0.1) is 0 Å². The first-order chi connectivity index (χ1) is 13.7. The number of fused-ring (bicyclic) bond motifs is 3. The van der Waals surface area contributed by atoms with Crippen molar-refractivity contribution in [2.75, 3.05) is 35.1 Å². The van der Waals surface area contributed by atoms with E-state index >= 15 is 0 Å². The van der Waals surface area contributed by atoms with E-state index in [-0.39, 0.29) is 21.6 Å². The number of nitrogens with zero attached hydrogens (tertiary/aromatic N) is 1. The predicted molar refractivity (Wildman–Crippen MR) is 128 cm³/mol. The lowest BCUT2D eigenvalue weighted by atomic mass is 10.0. The van der Waals surface area contributed by atoms with Gasteiger partial charge < -0.3 is 10.2 Å². The van der Waals surface area contributed by atoms with Crippen molar-refractivity contribution in [3.8, 4) is 11.1 Å². The topological polar surface area (TPSA) is 32.3 Å². The van der Waals surface area contributed by atoms with Crippen molar-refractivity contribution in [3.63, 3.8) is 0 Å². The van der Waals surface area contributed by atoms with Gasteiger partial charge in [-0.1, -0.05) is 58.0 Å². The molecular formula is C19H15Cl7N2O. The fraction of sp³-hybridized carbons (Fsp3) is 0.316. The lowest BCUT2D eigenvalue weighted by Gasteiger charge is -2.26. The second-order valence-electron chi connectivity index (χ2n) is 6.44. The molecule has 1 aliphatic carbocycles. The van der Waals surface area contributed by atoms with Gasteiger partial charge in [0.2, 0.25) is 5.91 Å². The van der Waals surface area contributed by atoms with Gasteiger partial charge in [0.1, 0.15) is 0 Å². The molecule has 10 heteroatoms. The number of amides is 1. The summed E-state index contributed by atoms with van der Waals surface area (Å²) in [5.41, 5.74) is 3.94. The molecule has 156 valence electrons. The Kier molecular flexibility index (Phi) is 7.65. The van der Waals surface area contributed by atoms with E-state index in [0.717, 1.165) is 16.7 Å². The second kappa shape index (κ2) is 9.48. The third-order valence-corrected chi connectivity index (χ3v) is 6.97. The molecule has 0 saturated heterocycles. The van der Waals surface area contributed by atoms with Crippen molar-refractivity contribution in [1.82, 2.24) is 0 Å². The number of hydrogen-bond donors (Lipinski definition) is 1. The number of carbonyl (C=O) groups excluding carboxylic acids is 1. The highest BCUT2D eigenvalue weighted by Gasteiger charge is 2.32. The van der Waals surface area contributed by atoms with Crippen LogP contribution in [0.5, 0.6) is 0 Å². The molecule has 29 heavy (non-hydrogen) atoms. The summed E-state index contributed by atoms with van der Waals surface area (Å²) >= 11 is 44.8. The van der Waals surface area contributed by atoms with Gasteiger partial charge in [0.05, 0.1) is 36.5 Å². The molecule has 0 aromatic heterocycles. The molecule has 1 amide bonds. The standard InChI is InChI=1S/C19H15Cl7N2O/c1-8(29)27-18-14(23)11-6-10-9(13(11)16(25)17(18)26)7-12(22)19(15(10)24)28(4-2-20)5-3-21/h7H,2-6H2,1H3,(H,27,29). The van der Waals surface area contributed by atoms with Crippen molar-refractivity contribution >= 4 is 98.5 Å². The average molecular weight is 536 g/mol. The molecule has 3 rings (SSSR count). The molecule has 0 heterocycles. The Bertz CT molecular complexity index is 988. The number of alkyl halides is 2. The molecule has 1 N–H and O–H groups in total. The summed E-state index contributed by atoms with van der Waals surface area (Å²) in [7, 11) is 0. The molecule has 0 radical (unpaired) electrons. The fourth-order valence-corrected chi connectivity index (χ4v) is 5.56. The van der Waals surface area contributed by atoms with E-state index in [1.54, 1.807) is 6.07 Å². The number of benzene rings is 2. The van der Waals surface area contributed by atoms with E-state index in [9.17, 15) is 4.79 Å². The third kappa shape index (κ3) is 4.25. The number of hydrogen-bond acceptors (Lipinski definition) is 2. The summed E-state index contributed by atoms with van der Waals surface area (Å²) in [6.07, 6.45) is 0.422. The Hall–Kier alpha value is -0.260. The van der Waals surface area contributed by atoms with Crippen LogP contribution in [0.15, 0.2) is 6.07 Å². The van der Waals surface area contributed by atoms with E-state index in [0.29, 0.717) is 57.6 Å². The Morgan fingerprint density at radius 3 is 2.14 bits per heavy atom. The predicted octanol–water partition coefficient (Wildman–Crippen LogP) is 7.77. The van der Waals surface area contributed by atoms with Crippen LogP contribution in [0.2, 0.25) is 25.1 Å². The number of halogens is 7. The molecule has 2 aromatic carbocycles. The van der Waals surface area contributed by atoms with Gasteiger partial charge in [0.15, 0.2) is 0 Å². The number of carbonyl (C=O) groups is 1. The van der Waals surface area contributed by atoms with E-state index in [1.807, 2.05) is 4.90 Å². The maximum absolute atomic E-state index is 11.6. The highest BCUT2D eigenvalue weighted by molar-refractivity contribution is 6.49. The van der Waals surface area contributed by atoms with Gasteiger partial charge >= 0.3 is 0 Å². The van der Waals surface area contributed by atoms with Gasteiger partial charge in [-0.3, -0.25) is 4.79 Å². The summed E-state index contributed by atoms with van der Waals surface area (Å²) in [6.45, 7) is 2.45. The van der Waals surface area contributed by atoms with Crippen LogP contribution < -0.4 is 10.2 Å². The van der Waals surface area contributed by atoms with Gasteiger partial charge in [0.25, 0.3) is 0 Å². The monoisotopic (exact) mass is 532 g/mol. The minimum atomic E-state index is -0.304. The zero-order valence-electron chi connectivity index (χ0n) is 15.1. The Labute approximate surface area is 204 Å². The average Bonchev–Trinajstić information content (AvgIpc) is 3.03. The number of anilines is 2. The summed E-state index contributed by atoms with van der Waals surface area (Å²) in [6, 6.07) is 1.80. The van der Waals surface area contributed by atoms with Gasteiger partial charge in [-0.2, -0.15) is 0 Å². The van der Waals surface area contributed by atoms with Gasteiger partial charge in [-0.05, 0) is 22.8 Å². The first-order valence-electron chi connectivity index (χ1n) is 8.57. The Balaban J connectivity index is 2.21. The van der Waals surface area contributed by atoms with Crippen LogP contribution in [0.25, 0.3) is 11.1 Å². The van der Waals surface area contributed by atoms with Crippen LogP contribution in [0.3, 0.4) is 0 Å². The lowest BCUT2D eigenvalue weighted by Crippen LogP contribution is -2.28. The summed E-state index contributed by atoms with van der Waals surface area (Å²) in [5, 5.41) is 4.36. The first-order valence-corrected chi connectivity index (χ1v) is 11.5. The largest absolute Gasteiger partial charge is 0.367 e. The van der Waals surface area contributed by atoms with E-state index in [1.165, 1.54) is 6.92 Å². The maximum atomic E-state index is 11.6. The zero-order chi connectivity index (χ0) is 21.5. The molecule has 0 spiro atoms. The zero-order valence-corrected chi connectivity index (χ0v) is 20.4. The molecule has 1 aliphatic rings. The Morgan fingerprint density at radius 1 is 0.966 bits per heavy atom. The van der Waals surface area contributed by atoms with Gasteiger partial charge in [0, 0.05) is 43.8 Å². The summed E-state index contributed by atoms with van der Waals surface area (Å²) < 4.78 is 0. The first kappa shape index (κ1) is 23.4. The number of rotatable bonds is 6. The highest BCUT2D eigenvalue weighted by Crippen LogP contribution is 2.55. The molecule has 0 fully saturated rings. The van der Waals surface area contributed by atoms with Crippen molar-refractivity contribution in [3.05, 3.63) is 42.3 Å². The van der Waals surface area contributed by atoms with Crippen LogP contribution in [0.1, 0.15) is 18.1 Å². The second-order valence-corrected chi connectivity index (χ2v) is 9.12. The van der Waals surface area contributed by atoms with Gasteiger partial charge in [-0.15, -0.1) is 23.2 Å². The highest BCUT2D eigenvalue weighted by atomic mass is 35.5.